The summed E-state index contributed by atoms with van der Waals surface area (Å²) in [4.78, 5) is 23.9. The molecule has 0 radical (unpaired) electrons. The van der Waals surface area contributed by atoms with Crippen molar-refractivity contribution in [3.05, 3.63) is 93.0 Å². The second-order valence-corrected chi connectivity index (χ2v) is 9.32. The number of para-hydroxylation sites is 2. The Morgan fingerprint density at radius 1 is 0.634 bits per heavy atom. The zero-order valence-corrected chi connectivity index (χ0v) is 24.8. The fourth-order valence-electron chi connectivity index (χ4n) is 3.04. The van der Waals surface area contributed by atoms with Crippen LogP contribution in [0.15, 0.2) is 67.4 Å². The highest BCUT2D eigenvalue weighted by Crippen LogP contribution is 2.39. The van der Waals surface area contributed by atoms with Crippen molar-refractivity contribution in [2.45, 2.75) is 0 Å². The molecule has 5 aromatic rings. The topological polar surface area (TPSA) is 114 Å². The van der Waals surface area contributed by atoms with Crippen LogP contribution in [-0.2, 0) is 0 Å². The summed E-state index contributed by atoms with van der Waals surface area (Å²) in [6.07, 6.45) is 5.83. The quantitative estimate of drug-likeness (QED) is 0.159. The molecular weight excluding hydrogens is 638 g/mol. The molecule has 0 spiro atoms. The van der Waals surface area contributed by atoms with Crippen LogP contribution in [0.2, 0.25) is 25.6 Å². The highest BCUT2D eigenvalue weighted by Gasteiger charge is 2.17. The summed E-state index contributed by atoms with van der Waals surface area (Å²) in [7, 11) is 3.08. The highest BCUT2D eigenvalue weighted by atomic mass is 35.5. The van der Waals surface area contributed by atoms with Gasteiger partial charge < -0.3 is 18.9 Å². The Bertz CT molecular complexity index is 1610. The number of hydrogen-bond donors (Lipinski definition) is 0. The van der Waals surface area contributed by atoms with Gasteiger partial charge in [-0.3, -0.25) is 4.98 Å². The summed E-state index contributed by atoms with van der Waals surface area (Å²) in [5.74, 6) is 2.50. The first kappa shape index (κ1) is 30.3. The third-order valence-corrected chi connectivity index (χ3v) is 6.29. The molecule has 10 nitrogen and oxygen atoms in total. The number of ether oxygens (including phenoxy) is 4. The predicted octanol–water partition coefficient (Wildman–Crippen LogP) is 8.28. The van der Waals surface area contributed by atoms with Crippen LogP contribution in [0.3, 0.4) is 0 Å². The number of methoxy groups -OCH3 is 2. The van der Waals surface area contributed by atoms with Crippen LogP contribution in [0.4, 0.5) is 0 Å². The van der Waals surface area contributed by atoms with Gasteiger partial charge in [-0.1, -0.05) is 70.1 Å². The Kier molecular flexibility index (Phi) is 10.6. The smallest absolute Gasteiger partial charge is 0.202 e. The second-order valence-electron chi connectivity index (χ2n) is 7.48. The lowest BCUT2D eigenvalue weighted by atomic mass is 10.3. The molecule has 0 aliphatic rings. The predicted molar refractivity (Wildman–Crippen MR) is 156 cm³/mol. The number of halogens is 5. The Morgan fingerprint density at radius 3 is 1.88 bits per heavy atom. The second kappa shape index (κ2) is 14.3. The van der Waals surface area contributed by atoms with Crippen molar-refractivity contribution in [2.24, 2.45) is 0 Å². The van der Waals surface area contributed by atoms with Crippen LogP contribution in [0.5, 0.6) is 34.5 Å². The fraction of sp³-hybridized carbons (Fsp3) is 0.0769. The highest BCUT2D eigenvalue weighted by molar-refractivity contribution is 6.36. The zero-order chi connectivity index (χ0) is 29.4. The maximum Gasteiger partial charge on any atom is 0.202 e. The van der Waals surface area contributed by atoms with Gasteiger partial charge in [0.25, 0.3) is 0 Å². The molecule has 0 bridgehead atoms. The van der Waals surface area contributed by atoms with E-state index in [1.807, 2.05) is 6.07 Å². The Morgan fingerprint density at radius 2 is 1.27 bits per heavy atom. The van der Waals surface area contributed by atoms with Gasteiger partial charge in [-0.25, -0.2) is 24.9 Å². The molecule has 0 aliphatic carbocycles. The summed E-state index contributed by atoms with van der Waals surface area (Å²) >= 11 is 30.1. The third kappa shape index (κ3) is 7.75. The standard InChI is InChI=1S/C15H10Cl2N4O2.C11H7Cl3N2O2/c1-22-10-4-2-3-5-11(10)23-12-13(16)20-15(21-14(12)17)9-8-18-6-7-19-9;1-17-6-2-3-7(12)8(4-6)18-9-10(13)15-5-16-11(9)14/h2-8H,1H3;2-5H,1H3. The molecule has 0 unspecified atom stereocenters. The van der Waals surface area contributed by atoms with Crippen molar-refractivity contribution >= 4 is 58.0 Å². The van der Waals surface area contributed by atoms with Crippen molar-refractivity contribution in [1.82, 2.24) is 29.9 Å². The molecule has 210 valence electrons. The summed E-state index contributed by atoms with van der Waals surface area (Å²) in [5, 5.41) is 0.739. The number of rotatable bonds is 7. The van der Waals surface area contributed by atoms with Gasteiger partial charge in [0.15, 0.2) is 37.9 Å². The third-order valence-electron chi connectivity index (χ3n) is 4.92. The fourth-order valence-corrected chi connectivity index (χ4v) is 4.05. The number of benzene rings is 2. The van der Waals surface area contributed by atoms with Crippen LogP contribution in [0.25, 0.3) is 11.5 Å². The molecule has 0 saturated carbocycles. The van der Waals surface area contributed by atoms with E-state index in [0.29, 0.717) is 33.7 Å². The van der Waals surface area contributed by atoms with E-state index in [1.165, 1.54) is 18.7 Å². The van der Waals surface area contributed by atoms with Crippen LogP contribution < -0.4 is 18.9 Å². The largest absolute Gasteiger partial charge is 0.497 e. The van der Waals surface area contributed by atoms with Crippen LogP contribution in [0, 0.1) is 0 Å². The van der Waals surface area contributed by atoms with Gasteiger partial charge in [0, 0.05) is 18.5 Å². The lowest BCUT2D eigenvalue weighted by Gasteiger charge is -2.12. The molecule has 2 aromatic carbocycles. The van der Waals surface area contributed by atoms with E-state index >= 15 is 0 Å². The summed E-state index contributed by atoms with van der Waals surface area (Å²) in [5.41, 5.74) is 0.458. The van der Waals surface area contributed by atoms with E-state index in [1.54, 1.807) is 56.8 Å². The van der Waals surface area contributed by atoms with E-state index in [-0.39, 0.29) is 37.9 Å². The lowest BCUT2D eigenvalue weighted by Crippen LogP contribution is -1.98. The van der Waals surface area contributed by atoms with Crippen molar-refractivity contribution in [1.29, 1.82) is 0 Å². The summed E-state index contributed by atoms with van der Waals surface area (Å²) in [6, 6.07) is 12.1. The van der Waals surface area contributed by atoms with Gasteiger partial charge in [0.1, 0.15) is 23.5 Å². The number of nitrogens with zero attached hydrogens (tertiary/aromatic N) is 6. The maximum atomic E-state index is 6.18. The molecule has 5 rings (SSSR count). The van der Waals surface area contributed by atoms with Gasteiger partial charge in [-0.05, 0) is 24.3 Å². The molecule has 0 fully saturated rings. The molecule has 0 amide bonds. The zero-order valence-electron chi connectivity index (χ0n) is 21.1. The Labute approximate surface area is 259 Å². The summed E-state index contributed by atoms with van der Waals surface area (Å²) < 4.78 is 21.5. The SMILES string of the molecule is COc1ccc(Cl)c(Oc2c(Cl)ncnc2Cl)c1.COc1ccccc1Oc1c(Cl)nc(-c2cnccn2)nc1Cl. The Hall–Kier alpha value is -3.67. The average molecular weight is 655 g/mol. The first-order valence-electron chi connectivity index (χ1n) is 11.3. The molecular formula is C26H17Cl5N6O4. The molecule has 3 heterocycles. The molecule has 41 heavy (non-hydrogen) atoms. The van der Waals surface area contributed by atoms with Crippen molar-refractivity contribution in [2.75, 3.05) is 14.2 Å². The first-order chi connectivity index (χ1) is 19.8. The molecule has 0 saturated heterocycles. The van der Waals surface area contributed by atoms with Gasteiger partial charge in [-0.15, -0.1) is 0 Å². The number of aromatic nitrogens is 6. The van der Waals surface area contributed by atoms with Gasteiger partial charge >= 0.3 is 0 Å². The monoisotopic (exact) mass is 652 g/mol. The van der Waals surface area contributed by atoms with E-state index in [2.05, 4.69) is 29.9 Å². The van der Waals surface area contributed by atoms with E-state index < -0.39 is 0 Å². The van der Waals surface area contributed by atoms with Crippen LogP contribution in [0.1, 0.15) is 0 Å². The molecule has 15 heteroatoms. The van der Waals surface area contributed by atoms with E-state index in [0.717, 1.165) is 0 Å². The Balaban J connectivity index is 0.000000195. The lowest BCUT2D eigenvalue weighted by molar-refractivity contribution is 0.378. The summed E-state index contributed by atoms with van der Waals surface area (Å²) in [6.45, 7) is 0. The first-order valence-corrected chi connectivity index (χ1v) is 13.2. The van der Waals surface area contributed by atoms with Gasteiger partial charge in [0.05, 0.1) is 25.4 Å². The van der Waals surface area contributed by atoms with Gasteiger partial charge in [0.2, 0.25) is 11.5 Å². The van der Waals surface area contributed by atoms with Crippen LogP contribution in [-0.4, -0.2) is 44.1 Å². The number of hydrogen-bond acceptors (Lipinski definition) is 10. The van der Waals surface area contributed by atoms with Crippen LogP contribution >= 0.6 is 58.0 Å². The van der Waals surface area contributed by atoms with Crippen molar-refractivity contribution < 1.29 is 18.9 Å². The van der Waals surface area contributed by atoms with Gasteiger partial charge in [-0.2, -0.15) is 0 Å². The van der Waals surface area contributed by atoms with E-state index in [4.69, 9.17) is 77.0 Å². The average Bonchev–Trinajstić information content (AvgIpc) is 2.98. The minimum Gasteiger partial charge on any atom is -0.497 e. The maximum absolute atomic E-state index is 6.18. The van der Waals surface area contributed by atoms with E-state index in [9.17, 15) is 0 Å². The van der Waals surface area contributed by atoms with Crippen molar-refractivity contribution in [3.63, 3.8) is 0 Å². The molecule has 0 atom stereocenters. The minimum atomic E-state index is 0.0663. The molecule has 3 aromatic heterocycles. The van der Waals surface area contributed by atoms with Crippen molar-refractivity contribution in [3.8, 4) is 46.0 Å². The molecule has 0 aliphatic heterocycles. The normalized spacial score (nSPS) is 10.3. The minimum absolute atomic E-state index is 0.0663. The molecule has 0 N–H and O–H groups in total.